The summed E-state index contributed by atoms with van der Waals surface area (Å²) < 4.78 is 14.5. The maximum Gasteiger partial charge on any atom is 0.146 e. The Hall–Kier alpha value is -1.09. The minimum absolute atomic E-state index is 0.0640. The van der Waals surface area contributed by atoms with Gasteiger partial charge in [-0.3, -0.25) is 0 Å². The Kier molecular flexibility index (Phi) is 3.97. The molecule has 1 atom stereocenters. The van der Waals surface area contributed by atoms with Gasteiger partial charge in [-0.2, -0.15) is 0 Å². The van der Waals surface area contributed by atoms with Crippen molar-refractivity contribution in [3.63, 3.8) is 0 Å². The van der Waals surface area contributed by atoms with Crippen molar-refractivity contribution in [2.24, 2.45) is 11.8 Å². The van der Waals surface area contributed by atoms with E-state index < -0.39 is 0 Å². The van der Waals surface area contributed by atoms with Gasteiger partial charge in [0.05, 0.1) is 5.69 Å². The van der Waals surface area contributed by atoms with Crippen LogP contribution in [0.5, 0.6) is 0 Å². The molecular formula is C17H25FN2. The lowest BCUT2D eigenvalue weighted by Gasteiger charge is -2.29. The fourth-order valence-electron chi connectivity index (χ4n) is 2.85. The standard InChI is InChI=1S/C17H25FN2/c1-12(19-2)15-4-3-5-16(18)17(15)20(10-13-6-7-13)11-14-8-9-14/h3-5,12-14,19H,6-11H2,1-2H3. The Morgan fingerprint density at radius 2 is 1.80 bits per heavy atom. The fourth-order valence-corrected chi connectivity index (χ4v) is 2.85. The molecule has 2 aliphatic carbocycles. The second-order valence-electron chi connectivity index (χ2n) is 6.48. The summed E-state index contributed by atoms with van der Waals surface area (Å²) in [5.74, 6) is 1.50. The molecule has 20 heavy (non-hydrogen) atoms. The molecule has 3 rings (SSSR count). The first kappa shape index (κ1) is 13.9. The van der Waals surface area contributed by atoms with Crippen molar-refractivity contribution in [2.75, 3.05) is 25.0 Å². The molecule has 0 heterocycles. The lowest BCUT2D eigenvalue weighted by Crippen LogP contribution is -2.31. The highest BCUT2D eigenvalue weighted by Gasteiger charge is 2.31. The van der Waals surface area contributed by atoms with Crippen LogP contribution in [0.4, 0.5) is 10.1 Å². The first-order valence-electron chi connectivity index (χ1n) is 7.89. The summed E-state index contributed by atoms with van der Waals surface area (Å²) in [7, 11) is 1.94. The lowest BCUT2D eigenvalue weighted by molar-refractivity contribution is 0.584. The monoisotopic (exact) mass is 276 g/mol. The molecule has 0 amide bonds. The summed E-state index contributed by atoms with van der Waals surface area (Å²) >= 11 is 0. The van der Waals surface area contributed by atoms with Gasteiger partial charge in [0.25, 0.3) is 0 Å². The van der Waals surface area contributed by atoms with E-state index in [1.807, 2.05) is 13.1 Å². The molecule has 3 heteroatoms. The van der Waals surface area contributed by atoms with Gasteiger partial charge < -0.3 is 10.2 Å². The van der Waals surface area contributed by atoms with E-state index in [9.17, 15) is 4.39 Å². The van der Waals surface area contributed by atoms with E-state index in [0.29, 0.717) is 0 Å². The van der Waals surface area contributed by atoms with E-state index in [1.165, 1.54) is 25.7 Å². The summed E-state index contributed by atoms with van der Waals surface area (Å²) in [5, 5.41) is 3.25. The normalized spacial score (nSPS) is 19.9. The number of hydrogen-bond donors (Lipinski definition) is 1. The number of rotatable bonds is 7. The predicted octanol–water partition coefficient (Wildman–Crippen LogP) is 3.73. The summed E-state index contributed by atoms with van der Waals surface area (Å²) in [6.07, 6.45) is 5.25. The maximum absolute atomic E-state index is 14.5. The van der Waals surface area contributed by atoms with Gasteiger partial charge in [0, 0.05) is 19.1 Å². The summed E-state index contributed by atoms with van der Waals surface area (Å²) in [6.45, 7) is 4.16. The maximum atomic E-state index is 14.5. The van der Waals surface area contributed by atoms with Crippen LogP contribution in [0.15, 0.2) is 18.2 Å². The van der Waals surface area contributed by atoms with E-state index in [1.54, 1.807) is 6.07 Å². The molecule has 0 aliphatic heterocycles. The molecule has 2 nitrogen and oxygen atoms in total. The van der Waals surface area contributed by atoms with Crippen LogP contribution < -0.4 is 10.2 Å². The van der Waals surface area contributed by atoms with Gasteiger partial charge in [0.15, 0.2) is 0 Å². The van der Waals surface area contributed by atoms with Crippen LogP contribution in [0.2, 0.25) is 0 Å². The van der Waals surface area contributed by atoms with E-state index >= 15 is 0 Å². The minimum Gasteiger partial charge on any atom is -0.368 e. The van der Waals surface area contributed by atoms with Gasteiger partial charge in [-0.15, -0.1) is 0 Å². The van der Waals surface area contributed by atoms with Crippen molar-refractivity contribution in [3.8, 4) is 0 Å². The number of nitrogens with zero attached hydrogens (tertiary/aromatic N) is 1. The van der Waals surface area contributed by atoms with Gasteiger partial charge in [-0.25, -0.2) is 4.39 Å². The molecule has 1 aromatic carbocycles. The van der Waals surface area contributed by atoms with Gasteiger partial charge in [0.2, 0.25) is 0 Å². The highest BCUT2D eigenvalue weighted by atomic mass is 19.1. The van der Waals surface area contributed by atoms with E-state index in [2.05, 4.69) is 23.2 Å². The third-order valence-electron chi connectivity index (χ3n) is 4.58. The summed E-state index contributed by atoms with van der Waals surface area (Å²) in [5.41, 5.74) is 1.93. The van der Waals surface area contributed by atoms with Crippen LogP contribution in [0.1, 0.15) is 44.2 Å². The van der Waals surface area contributed by atoms with E-state index in [0.717, 1.165) is 36.2 Å². The molecular weight excluding hydrogens is 251 g/mol. The number of halogens is 1. The molecule has 0 bridgehead atoms. The Morgan fingerprint density at radius 3 is 2.30 bits per heavy atom. The molecule has 1 aromatic rings. The van der Waals surface area contributed by atoms with Crippen molar-refractivity contribution >= 4 is 5.69 Å². The van der Waals surface area contributed by atoms with Crippen LogP contribution in [0.3, 0.4) is 0 Å². The fraction of sp³-hybridized carbons (Fsp3) is 0.647. The lowest BCUT2D eigenvalue weighted by atomic mass is 10.0. The highest BCUT2D eigenvalue weighted by molar-refractivity contribution is 5.56. The second-order valence-corrected chi connectivity index (χ2v) is 6.48. The van der Waals surface area contributed by atoms with Crippen molar-refractivity contribution in [3.05, 3.63) is 29.6 Å². The quantitative estimate of drug-likeness (QED) is 0.816. The topological polar surface area (TPSA) is 15.3 Å². The van der Waals surface area contributed by atoms with Crippen LogP contribution in [0, 0.1) is 17.7 Å². The van der Waals surface area contributed by atoms with Gasteiger partial charge in [-0.1, -0.05) is 12.1 Å². The Bertz CT molecular complexity index is 452. The predicted molar refractivity (Wildman–Crippen MR) is 81.5 cm³/mol. The first-order valence-corrected chi connectivity index (χ1v) is 7.89. The number of hydrogen-bond acceptors (Lipinski definition) is 2. The smallest absolute Gasteiger partial charge is 0.146 e. The highest BCUT2D eigenvalue weighted by Crippen LogP contribution is 2.38. The first-order chi connectivity index (χ1) is 9.69. The number of benzene rings is 1. The van der Waals surface area contributed by atoms with Crippen molar-refractivity contribution in [1.29, 1.82) is 0 Å². The Balaban J connectivity index is 1.90. The minimum atomic E-state index is -0.0640. The number of nitrogens with one attached hydrogen (secondary N) is 1. The second kappa shape index (κ2) is 5.72. The van der Waals surface area contributed by atoms with E-state index in [4.69, 9.17) is 0 Å². The Labute approximate surface area is 121 Å². The van der Waals surface area contributed by atoms with Crippen molar-refractivity contribution < 1.29 is 4.39 Å². The zero-order valence-corrected chi connectivity index (χ0v) is 12.5. The van der Waals surface area contributed by atoms with Crippen LogP contribution in [-0.2, 0) is 0 Å². The van der Waals surface area contributed by atoms with Crippen LogP contribution in [-0.4, -0.2) is 20.1 Å². The molecule has 0 saturated heterocycles. The third kappa shape index (κ3) is 3.14. The Morgan fingerprint density at radius 1 is 1.20 bits per heavy atom. The zero-order chi connectivity index (χ0) is 14.1. The number of anilines is 1. The largest absolute Gasteiger partial charge is 0.368 e. The molecule has 2 fully saturated rings. The van der Waals surface area contributed by atoms with Gasteiger partial charge >= 0.3 is 0 Å². The molecule has 2 aliphatic rings. The SMILES string of the molecule is CNC(C)c1cccc(F)c1N(CC1CC1)CC1CC1. The molecule has 0 spiro atoms. The van der Waals surface area contributed by atoms with Crippen LogP contribution >= 0.6 is 0 Å². The molecule has 1 N–H and O–H groups in total. The molecule has 110 valence electrons. The van der Waals surface area contributed by atoms with Gasteiger partial charge in [-0.05, 0) is 63.1 Å². The van der Waals surface area contributed by atoms with Crippen molar-refractivity contribution in [2.45, 2.75) is 38.6 Å². The van der Waals surface area contributed by atoms with Crippen LogP contribution in [0.25, 0.3) is 0 Å². The summed E-state index contributed by atoms with van der Waals surface area (Å²) in [6, 6.07) is 5.68. The number of para-hydroxylation sites is 1. The average Bonchev–Trinajstić information content (AvgIpc) is 3.32. The molecule has 2 saturated carbocycles. The molecule has 1 unspecified atom stereocenters. The van der Waals surface area contributed by atoms with Gasteiger partial charge in [0.1, 0.15) is 5.82 Å². The zero-order valence-electron chi connectivity index (χ0n) is 12.5. The molecule has 0 aromatic heterocycles. The van der Waals surface area contributed by atoms with E-state index in [-0.39, 0.29) is 11.9 Å². The summed E-state index contributed by atoms with van der Waals surface area (Å²) in [4.78, 5) is 2.33. The third-order valence-corrected chi connectivity index (χ3v) is 4.58. The average molecular weight is 276 g/mol. The van der Waals surface area contributed by atoms with Crippen molar-refractivity contribution in [1.82, 2.24) is 5.32 Å². The molecule has 0 radical (unpaired) electrons.